The zero-order valence-corrected chi connectivity index (χ0v) is 25.1. The molecular weight excluding hydrogens is 542 g/mol. The number of carboxylic acids is 1. The first-order chi connectivity index (χ1) is 20.9. The largest absolute Gasteiger partial charge is 0.486 e. The van der Waals surface area contributed by atoms with Crippen molar-refractivity contribution in [1.29, 1.82) is 0 Å². The highest BCUT2D eigenvalue weighted by Gasteiger charge is 2.23. The third-order valence-electron chi connectivity index (χ3n) is 7.33. The number of hydrogen-bond donors (Lipinski definition) is 1. The summed E-state index contributed by atoms with van der Waals surface area (Å²) < 4.78 is 17.9. The highest BCUT2D eigenvalue weighted by Crippen LogP contribution is 2.34. The number of fused-ring (bicyclic) bond motifs is 1. The van der Waals surface area contributed by atoms with Gasteiger partial charge in [-0.1, -0.05) is 61.9 Å². The second-order valence-electron chi connectivity index (χ2n) is 11.1. The van der Waals surface area contributed by atoms with Crippen molar-refractivity contribution < 1.29 is 24.1 Å². The number of ether oxygens (including phenoxy) is 3. The Bertz CT molecular complexity index is 1520. The van der Waals surface area contributed by atoms with Crippen molar-refractivity contribution in [3.05, 3.63) is 101 Å². The molecule has 2 heterocycles. The maximum Gasteiger partial charge on any atom is 0.335 e. The topological polar surface area (TPSA) is 94.0 Å². The SMILES string of the molecule is CCCCc1c(-c2ccccc2)nnc(OC(C)C)c1CN(Cc1ccc(C(=O)O)cc1)Cc1ccc2c(c1)OCCO2. The Kier molecular flexibility index (Phi) is 9.89. The molecule has 0 radical (unpaired) electrons. The van der Waals surface area contributed by atoms with Gasteiger partial charge in [0.25, 0.3) is 0 Å². The van der Waals surface area contributed by atoms with Gasteiger partial charge in [0.05, 0.1) is 17.4 Å². The lowest BCUT2D eigenvalue weighted by Crippen LogP contribution is -2.25. The molecule has 0 bridgehead atoms. The van der Waals surface area contributed by atoms with E-state index in [2.05, 4.69) is 40.2 Å². The van der Waals surface area contributed by atoms with Gasteiger partial charge in [-0.2, -0.15) is 0 Å². The van der Waals surface area contributed by atoms with Crippen LogP contribution in [0.15, 0.2) is 72.8 Å². The molecule has 0 fully saturated rings. The molecule has 0 amide bonds. The summed E-state index contributed by atoms with van der Waals surface area (Å²) in [5, 5.41) is 18.7. The molecule has 0 unspecified atom stereocenters. The van der Waals surface area contributed by atoms with E-state index >= 15 is 0 Å². The third-order valence-corrected chi connectivity index (χ3v) is 7.33. The summed E-state index contributed by atoms with van der Waals surface area (Å²) in [5.41, 5.74) is 6.43. The number of aromatic nitrogens is 2. The van der Waals surface area contributed by atoms with E-state index in [1.807, 2.05) is 56.3 Å². The predicted molar refractivity (Wildman–Crippen MR) is 166 cm³/mol. The number of hydrogen-bond acceptors (Lipinski definition) is 7. The average molecular weight is 582 g/mol. The Hall–Kier alpha value is -4.43. The molecule has 0 spiro atoms. The molecule has 0 saturated carbocycles. The zero-order chi connectivity index (χ0) is 30.2. The second kappa shape index (κ2) is 14.2. The molecule has 4 aromatic rings. The van der Waals surface area contributed by atoms with E-state index < -0.39 is 5.97 Å². The molecule has 0 saturated heterocycles. The van der Waals surface area contributed by atoms with Crippen LogP contribution in [0, 0.1) is 0 Å². The first-order valence-corrected chi connectivity index (χ1v) is 14.9. The van der Waals surface area contributed by atoms with Crippen molar-refractivity contribution in [2.24, 2.45) is 0 Å². The Morgan fingerprint density at radius 1 is 0.884 bits per heavy atom. The van der Waals surface area contributed by atoms with Crippen LogP contribution in [0.3, 0.4) is 0 Å². The van der Waals surface area contributed by atoms with Crippen molar-refractivity contribution in [2.75, 3.05) is 13.2 Å². The molecule has 0 aliphatic carbocycles. The summed E-state index contributed by atoms with van der Waals surface area (Å²) >= 11 is 0. The minimum Gasteiger partial charge on any atom is -0.486 e. The van der Waals surface area contributed by atoms with Crippen LogP contribution < -0.4 is 14.2 Å². The van der Waals surface area contributed by atoms with E-state index in [9.17, 15) is 9.90 Å². The molecule has 1 aromatic heterocycles. The van der Waals surface area contributed by atoms with Crippen molar-refractivity contribution >= 4 is 5.97 Å². The minimum absolute atomic E-state index is 0.0653. The van der Waals surface area contributed by atoms with Gasteiger partial charge in [-0.3, -0.25) is 4.90 Å². The summed E-state index contributed by atoms with van der Waals surface area (Å²) in [6.45, 7) is 9.03. The fraction of sp³-hybridized carbons (Fsp3) is 0.343. The first kappa shape index (κ1) is 30.0. The first-order valence-electron chi connectivity index (χ1n) is 14.9. The molecule has 8 nitrogen and oxygen atoms in total. The zero-order valence-electron chi connectivity index (χ0n) is 25.1. The highest BCUT2D eigenvalue weighted by molar-refractivity contribution is 5.87. The summed E-state index contributed by atoms with van der Waals surface area (Å²) in [4.78, 5) is 13.8. The van der Waals surface area contributed by atoms with Crippen LogP contribution in [0.5, 0.6) is 17.4 Å². The number of carboxylic acid groups (broad SMARTS) is 1. The number of unbranched alkanes of at least 4 members (excludes halogenated alkanes) is 1. The summed E-state index contributed by atoms with van der Waals surface area (Å²) in [6, 6.07) is 23.3. The van der Waals surface area contributed by atoms with E-state index in [4.69, 9.17) is 14.2 Å². The Morgan fingerprint density at radius 2 is 1.58 bits per heavy atom. The molecule has 3 aromatic carbocycles. The molecule has 5 rings (SSSR count). The average Bonchev–Trinajstić information content (AvgIpc) is 3.01. The third kappa shape index (κ3) is 7.70. The van der Waals surface area contributed by atoms with E-state index in [0.717, 1.165) is 64.3 Å². The van der Waals surface area contributed by atoms with Gasteiger partial charge in [-0.15, -0.1) is 10.2 Å². The van der Waals surface area contributed by atoms with Crippen LogP contribution in [0.2, 0.25) is 0 Å². The van der Waals surface area contributed by atoms with Crippen LogP contribution in [-0.2, 0) is 26.1 Å². The fourth-order valence-electron chi connectivity index (χ4n) is 5.27. The van der Waals surface area contributed by atoms with Crippen LogP contribution in [-0.4, -0.2) is 45.5 Å². The van der Waals surface area contributed by atoms with Gasteiger partial charge >= 0.3 is 5.97 Å². The van der Waals surface area contributed by atoms with Crippen molar-refractivity contribution in [3.63, 3.8) is 0 Å². The molecule has 0 atom stereocenters. The molecular formula is C35H39N3O5. The van der Waals surface area contributed by atoms with Gasteiger partial charge in [0.2, 0.25) is 5.88 Å². The maximum absolute atomic E-state index is 11.5. The molecule has 1 aliphatic heterocycles. The van der Waals surface area contributed by atoms with Crippen molar-refractivity contribution in [1.82, 2.24) is 15.1 Å². The number of aromatic carboxylic acids is 1. The van der Waals surface area contributed by atoms with Crippen LogP contribution in [0.4, 0.5) is 0 Å². The smallest absolute Gasteiger partial charge is 0.335 e. The fourth-order valence-corrected chi connectivity index (χ4v) is 5.27. The molecule has 224 valence electrons. The van der Waals surface area contributed by atoms with Gasteiger partial charge in [0, 0.05) is 30.8 Å². The number of rotatable bonds is 13. The highest BCUT2D eigenvalue weighted by atomic mass is 16.6. The molecule has 1 N–H and O–H groups in total. The van der Waals surface area contributed by atoms with Gasteiger partial charge in [0.1, 0.15) is 13.2 Å². The van der Waals surface area contributed by atoms with Crippen LogP contribution in [0.1, 0.15) is 66.2 Å². The lowest BCUT2D eigenvalue weighted by molar-refractivity contribution is 0.0697. The predicted octanol–water partition coefficient (Wildman–Crippen LogP) is 6.95. The number of carbonyl (C=O) groups is 1. The number of benzene rings is 3. The van der Waals surface area contributed by atoms with Crippen molar-refractivity contribution in [2.45, 2.75) is 65.8 Å². The van der Waals surface area contributed by atoms with E-state index in [1.54, 1.807) is 12.1 Å². The minimum atomic E-state index is -0.938. The summed E-state index contributed by atoms with van der Waals surface area (Å²) in [6.07, 6.45) is 2.85. The molecule has 1 aliphatic rings. The maximum atomic E-state index is 11.5. The van der Waals surface area contributed by atoms with Gasteiger partial charge in [0.15, 0.2) is 11.5 Å². The Balaban J connectivity index is 1.56. The van der Waals surface area contributed by atoms with Crippen LogP contribution >= 0.6 is 0 Å². The normalized spacial score (nSPS) is 12.5. The lowest BCUT2D eigenvalue weighted by Gasteiger charge is -2.27. The van der Waals surface area contributed by atoms with Gasteiger partial charge < -0.3 is 19.3 Å². The van der Waals surface area contributed by atoms with Gasteiger partial charge in [-0.25, -0.2) is 4.79 Å². The summed E-state index contributed by atoms with van der Waals surface area (Å²) in [5.74, 6) is 1.12. The second-order valence-corrected chi connectivity index (χ2v) is 11.1. The van der Waals surface area contributed by atoms with Crippen molar-refractivity contribution in [3.8, 4) is 28.6 Å². The van der Waals surface area contributed by atoms with E-state index in [-0.39, 0.29) is 11.7 Å². The monoisotopic (exact) mass is 581 g/mol. The Labute approximate surface area is 253 Å². The molecule has 8 heteroatoms. The van der Waals surface area contributed by atoms with E-state index in [0.29, 0.717) is 38.7 Å². The number of nitrogens with zero attached hydrogens (tertiary/aromatic N) is 3. The quantitative estimate of drug-likeness (QED) is 0.181. The van der Waals surface area contributed by atoms with Gasteiger partial charge in [-0.05, 0) is 67.6 Å². The summed E-state index contributed by atoms with van der Waals surface area (Å²) in [7, 11) is 0. The molecule has 43 heavy (non-hydrogen) atoms. The lowest BCUT2D eigenvalue weighted by atomic mass is 9.96. The van der Waals surface area contributed by atoms with E-state index in [1.165, 1.54) is 0 Å². The standard InChI is InChI=1S/C35H39N3O5/c1-4-5-11-29-30(34(43-24(2)3)37-36-33(29)27-9-7-6-8-10-27)23-38(21-25-12-15-28(16-13-25)35(39)40)22-26-14-17-31-32(20-26)42-19-18-41-31/h6-10,12-17,20,24H,4-5,11,18-19,21-23H2,1-3H3,(H,39,40). The van der Waals surface area contributed by atoms with Crippen LogP contribution in [0.25, 0.3) is 11.3 Å². The Morgan fingerprint density at radius 3 is 2.28 bits per heavy atom.